The summed E-state index contributed by atoms with van der Waals surface area (Å²) in [5, 5.41) is 0. The van der Waals surface area contributed by atoms with Crippen molar-refractivity contribution in [2.75, 3.05) is 17.1 Å². The van der Waals surface area contributed by atoms with E-state index in [1.165, 1.54) is 0 Å². The van der Waals surface area contributed by atoms with Crippen molar-refractivity contribution in [3.63, 3.8) is 0 Å². The Morgan fingerprint density at radius 2 is 2.17 bits per heavy atom. The number of ether oxygens (including phenoxy) is 2. The van der Waals surface area contributed by atoms with Gasteiger partial charge in [0.2, 0.25) is 15.9 Å². The summed E-state index contributed by atoms with van der Waals surface area (Å²) in [7, 11) is -3.45. The highest BCUT2D eigenvalue weighted by atomic mass is 32.2. The van der Waals surface area contributed by atoms with Crippen LogP contribution in [0.2, 0.25) is 0 Å². The summed E-state index contributed by atoms with van der Waals surface area (Å²) in [6.07, 6.45) is 3.10. The van der Waals surface area contributed by atoms with Crippen LogP contribution >= 0.6 is 0 Å². The third-order valence-electron chi connectivity index (χ3n) is 3.40. The molecule has 1 N–H and O–H groups in total. The van der Waals surface area contributed by atoms with E-state index in [4.69, 9.17) is 9.47 Å². The Morgan fingerprint density at radius 1 is 1.26 bits per heavy atom. The number of sulfonamides is 1. The van der Waals surface area contributed by atoms with E-state index in [9.17, 15) is 8.42 Å². The van der Waals surface area contributed by atoms with Crippen LogP contribution in [0.5, 0.6) is 11.6 Å². The van der Waals surface area contributed by atoms with Crippen LogP contribution in [-0.2, 0) is 14.8 Å². The number of benzene rings is 1. The van der Waals surface area contributed by atoms with E-state index in [0.29, 0.717) is 23.9 Å². The number of nitrogens with one attached hydrogen (secondary N) is 1. The molecule has 0 radical (unpaired) electrons. The molecule has 3 rings (SSSR count). The Labute approximate surface area is 135 Å². The van der Waals surface area contributed by atoms with E-state index in [1.54, 1.807) is 42.6 Å². The number of rotatable bonds is 6. The van der Waals surface area contributed by atoms with Crippen molar-refractivity contribution in [1.82, 2.24) is 4.98 Å². The molecule has 1 fully saturated rings. The number of hydrogen-bond acceptors (Lipinski definition) is 5. The van der Waals surface area contributed by atoms with Gasteiger partial charge in [-0.15, -0.1) is 0 Å². The van der Waals surface area contributed by atoms with Crippen molar-refractivity contribution in [2.45, 2.75) is 18.9 Å². The molecule has 1 aliphatic rings. The second kappa shape index (κ2) is 6.97. The first-order valence-corrected chi connectivity index (χ1v) is 9.07. The Bertz CT molecular complexity index is 744. The van der Waals surface area contributed by atoms with E-state index in [0.717, 1.165) is 12.8 Å². The summed E-state index contributed by atoms with van der Waals surface area (Å²) in [6.45, 7) is 0.633. The van der Waals surface area contributed by atoms with Crippen LogP contribution in [0.4, 0.5) is 5.69 Å². The SMILES string of the molecule is O=S(=O)(CC1CCCO1)Nc1cccc(Oc2ccccn2)c1. The fraction of sp³-hybridized carbons (Fsp3) is 0.312. The minimum atomic E-state index is -3.45. The third kappa shape index (κ3) is 4.67. The summed E-state index contributed by atoms with van der Waals surface area (Å²) in [5.41, 5.74) is 0.455. The van der Waals surface area contributed by atoms with Gasteiger partial charge in [-0.1, -0.05) is 12.1 Å². The molecule has 0 saturated carbocycles. The fourth-order valence-electron chi connectivity index (χ4n) is 2.39. The van der Waals surface area contributed by atoms with E-state index in [2.05, 4.69) is 9.71 Å². The molecule has 1 saturated heterocycles. The number of pyridine rings is 1. The molecule has 1 unspecified atom stereocenters. The van der Waals surface area contributed by atoms with Crippen LogP contribution in [0.15, 0.2) is 48.7 Å². The average molecular weight is 334 g/mol. The van der Waals surface area contributed by atoms with Gasteiger partial charge in [0.1, 0.15) is 5.75 Å². The van der Waals surface area contributed by atoms with Crippen molar-refractivity contribution in [1.29, 1.82) is 0 Å². The van der Waals surface area contributed by atoms with Crippen LogP contribution in [0, 0.1) is 0 Å². The lowest BCUT2D eigenvalue weighted by atomic mass is 10.3. The Hall–Kier alpha value is -2.12. The van der Waals surface area contributed by atoms with Crippen LogP contribution in [-0.4, -0.2) is 31.9 Å². The Balaban J connectivity index is 1.67. The maximum atomic E-state index is 12.2. The van der Waals surface area contributed by atoms with Crippen molar-refractivity contribution in [3.8, 4) is 11.6 Å². The molecule has 0 aliphatic carbocycles. The van der Waals surface area contributed by atoms with E-state index in [-0.39, 0.29) is 11.9 Å². The van der Waals surface area contributed by atoms with Crippen molar-refractivity contribution in [3.05, 3.63) is 48.7 Å². The monoisotopic (exact) mass is 334 g/mol. The molecule has 7 heteroatoms. The molecule has 1 aromatic carbocycles. The molecule has 23 heavy (non-hydrogen) atoms. The second-order valence-electron chi connectivity index (χ2n) is 5.32. The minimum Gasteiger partial charge on any atom is -0.439 e. The zero-order valence-electron chi connectivity index (χ0n) is 12.5. The third-order valence-corrected chi connectivity index (χ3v) is 4.75. The van der Waals surface area contributed by atoms with Crippen LogP contribution in [0.1, 0.15) is 12.8 Å². The molecule has 0 spiro atoms. The van der Waals surface area contributed by atoms with Gasteiger partial charge >= 0.3 is 0 Å². The minimum absolute atomic E-state index is 0.0294. The van der Waals surface area contributed by atoms with Gasteiger partial charge in [0.25, 0.3) is 0 Å². The van der Waals surface area contributed by atoms with Crippen LogP contribution in [0.3, 0.4) is 0 Å². The van der Waals surface area contributed by atoms with Gasteiger partial charge in [0.05, 0.1) is 17.5 Å². The molecule has 0 bridgehead atoms. The second-order valence-corrected chi connectivity index (χ2v) is 7.08. The predicted molar refractivity (Wildman–Crippen MR) is 87.1 cm³/mol. The number of aromatic nitrogens is 1. The van der Waals surface area contributed by atoms with Gasteiger partial charge in [0, 0.05) is 24.9 Å². The number of hydrogen-bond donors (Lipinski definition) is 1. The molecule has 0 amide bonds. The highest BCUT2D eigenvalue weighted by molar-refractivity contribution is 7.92. The zero-order chi connectivity index (χ0) is 16.1. The standard InChI is InChI=1S/C16H18N2O4S/c19-23(20,12-15-7-4-10-21-15)18-13-5-3-6-14(11-13)22-16-8-1-2-9-17-16/h1-3,5-6,8-9,11,15,18H,4,7,10,12H2. The quantitative estimate of drug-likeness (QED) is 0.879. The lowest BCUT2D eigenvalue weighted by molar-refractivity contribution is 0.127. The largest absolute Gasteiger partial charge is 0.439 e. The zero-order valence-corrected chi connectivity index (χ0v) is 13.3. The van der Waals surface area contributed by atoms with E-state index in [1.807, 2.05) is 6.07 Å². The molecule has 1 atom stereocenters. The maximum Gasteiger partial charge on any atom is 0.235 e. The topological polar surface area (TPSA) is 77.5 Å². The first-order valence-electron chi connectivity index (χ1n) is 7.42. The summed E-state index contributed by atoms with van der Waals surface area (Å²) < 4.78 is 37.9. The fourth-order valence-corrected chi connectivity index (χ4v) is 3.71. The van der Waals surface area contributed by atoms with E-state index >= 15 is 0 Å². The highest BCUT2D eigenvalue weighted by Gasteiger charge is 2.23. The van der Waals surface area contributed by atoms with Gasteiger partial charge in [-0.3, -0.25) is 4.72 Å². The molecule has 122 valence electrons. The van der Waals surface area contributed by atoms with Gasteiger partial charge in [-0.2, -0.15) is 0 Å². The van der Waals surface area contributed by atoms with Gasteiger partial charge < -0.3 is 9.47 Å². The van der Waals surface area contributed by atoms with E-state index < -0.39 is 10.0 Å². The Kier molecular flexibility index (Phi) is 4.78. The smallest absolute Gasteiger partial charge is 0.235 e. The number of nitrogens with zero attached hydrogens (tertiary/aromatic N) is 1. The normalized spacial score (nSPS) is 17.8. The summed E-state index contributed by atoms with van der Waals surface area (Å²) in [5.74, 6) is 0.936. The predicted octanol–water partition coefficient (Wildman–Crippen LogP) is 2.79. The van der Waals surface area contributed by atoms with Gasteiger partial charge in [-0.05, 0) is 31.0 Å². The van der Waals surface area contributed by atoms with Crippen molar-refractivity contribution < 1.29 is 17.9 Å². The number of anilines is 1. The Morgan fingerprint density at radius 3 is 2.91 bits per heavy atom. The molecular weight excluding hydrogens is 316 g/mol. The van der Waals surface area contributed by atoms with Crippen molar-refractivity contribution >= 4 is 15.7 Å². The molecule has 1 aromatic heterocycles. The van der Waals surface area contributed by atoms with Crippen molar-refractivity contribution in [2.24, 2.45) is 0 Å². The van der Waals surface area contributed by atoms with Crippen LogP contribution in [0.25, 0.3) is 0 Å². The lowest BCUT2D eigenvalue weighted by Crippen LogP contribution is -2.25. The maximum absolute atomic E-state index is 12.2. The lowest BCUT2D eigenvalue weighted by Gasteiger charge is -2.13. The van der Waals surface area contributed by atoms with Gasteiger partial charge in [0.15, 0.2) is 0 Å². The molecule has 1 aliphatic heterocycles. The molecular formula is C16H18N2O4S. The first-order chi connectivity index (χ1) is 11.1. The molecule has 2 aromatic rings. The summed E-state index contributed by atoms with van der Waals surface area (Å²) >= 11 is 0. The summed E-state index contributed by atoms with van der Waals surface area (Å²) in [4.78, 5) is 4.07. The average Bonchev–Trinajstić information content (AvgIpc) is 3.00. The molecule has 6 nitrogen and oxygen atoms in total. The van der Waals surface area contributed by atoms with Gasteiger partial charge in [-0.25, -0.2) is 13.4 Å². The summed E-state index contributed by atoms with van der Waals surface area (Å²) in [6, 6.07) is 12.1. The first kappa shape index (κ1) is 15.8. The van der Waals surface area contributed by atoms with Crippen LogP contribution < -0.4 is 9.46 Å². The molecule has 2 heterocycles. The highest BCUT2D eigenvalue weighted by Crippen LogP contribution is 2.23.